The third-order valence-corrected chi connectivity index (χ3v) is 13.2. The quantitative estimate of drug-likeness (QED) is 0.168. The molecule has 0 amide bonds. The number of rotatable bonds is 2. The SMILES string of the molecule is CC1(C)OB(c2ccc3c(c2)C2(c4ccccc4N3c3ccccc3)c3ccccc3C3(c4ccccc4-c4ccccc43)c3ccccc32)OC1(C)C. The van der Waals surface area contributed by atoms with Gasteiger partial charge in [-0.25, -0.2) is 0 Å². The van der Waals surface area contributed by atoms with E-state index in [-0.39, 0.29) is 0 Å². The fourth-order valence-corrected chi connectivity index (χ4v) is 10.3. The molecule has 1 fully saturated rings. The molecule has 2 heterocycles. The van der Waals surface area contributed by atoms with E-state index in [0.29, 0.717) is 0 Å². The highest BCUT2D eigenvalue weighted by atomic mass is 16.7. The Balaban J connectivity index is 1.29. The van der Waals surface area contributed by atoms with Gasteiger partial charge in [0.2, 0.25) is 0 Å². The Morgan fingerprint density at radius 2 is 0.796 bits per heavy atom. The van der Waals surface area contributed by atoms with Gasteiger partial charge in [0, 0.05) is 5.69 Å². The molecule has 2 aliphatic carbocycles. The van der Waals surface area contributed by atoms with Crippen LogP contribution < -0.4 is 10.4 Å². The van der Waals surface area contributed by atoms with Crippen LogP contribution in [0, 0.1) is 0 Å². The maximum Gasteiger partial charge on any atom is 0.494 e. The van der Waals surface area contributed by atoms with Crippen LogP contribution in [-0.4, -0.2) is 18.3 Å². The van der Waals surface area contributed by atoms with Gasteiger partial charge in [0.05, 0.1) is 33.4 Å². The van der Waals surface area contributed by atoms with Gasteiger partial charge in [0.15, 0.2) is 0 Å². The molecule has 7 aromatic rings. The van der Waals surface area contributed by atoms with Crippen LogP contribution in [0.15, 0.2) is 170 Å². The molecule has 4 heteroatoms. The van der Waals surface area contributed by atoms with Gasteiger partial charge in [-0.1, -0.05) is 146 Å². The van der Waals surface area contributed by atoms with Crippen molar-refractivity contribution in [2.45, 2.75) is 49.7 Å². The van der Waals surface area contributed by atoms with Crippen LogP contribution in [0.3, 0.4) is 0 Å². The Bertz CT molecular complexity index is 2550. The zero-order valence-corrected chi connectivity index (χ0v) is 31.0. The summed E-state index contributed by atoms with van der Waals surface area (Å²) in [6.07, 6.45) is 0. The normalized spacial score (nSPS) is 18.4. The minimum absolute atomic E-state index is 0.465. The first-order valence-corrected chi connectivity index (χ1v) is 19.1. The van der Waals surface area contributed by atoms with Gasteiger partial charge in [-0.2, -0.15) is 0 Å². The summed E-state index contributed by atoms with van der Waals surface area (Å²) < 4.78 is 13.5. The molecular weight excluding hydrogens is 657 g/mol. The summed E-state index contributed by atoms with van der Waals surface area (Å²) in [6.45, 7) is 8.52. The molecule has 0 atom stereocenters. The molecule has 3 nitrogen and oxygen atoms in total. The van der Waals surface area contributed by atoms with Gasteiger partial charge in [-0.05, 0) is 113 Å². The van der Waals surface area contributed by atoms with Crippen LogP contribution in [0.25, 0.3) is 11.1 Å². The molecule has 4 aliphatic rings. The molecule has 2 spiro atoms. The number of fused-ring (bicyclic) bond motifs is 15. The summed E-state index contributed by atoms with van der Waals surface area (Å²) in [4.78, 5) is 2.44. The molecule has 1 saturated heterocycles. The van der Waals surface area contributed by atoms with E-state index >= 15 is 0 Å². The van der Waals surface area contributed by atoms with E-state index in [1.54, 1.807) is 0 Å². The van der Waals surface area contributed by atoms with Crippen LogP contribution in [0.5, 0.6) is 0 Å². The third kappa shape index (κ3) is 3.84. The fraction of sp³-hybridized carbons (Fsp3) is 0.160. The van der Waals surface area contributed by atoms with Gasteiger partial charge in [-0.3, -0.25) is 0 Å². The average Bonchev–Trinajstić information content (AvgIpc) is 3.62. The van der Waals surface area contributed by atoms with Crippen molar-refractivity contribution in [1.82, 2.24) is 0 Å². The number of para-hydroxylation sites is 2. The number of hydrogen-bond acceptors (Lipinski definition) is 3. The molecule has 54 heavy (non-hydrogen) atoms. The van der Waals surface area contributed by atoms with Crippen molar-refractivity contribution in [3.05, 3.63) is 214 Å². The monoisotopic (exact) mass is 697 g/mol. The van der Waals surface area contributed by atoms with Crippen LogP contribution >= 0.6 is 0 Å². The van der Waals surface area contributed by atoms with Crippen molar-refractivity contribution in [2.24, 2.45) is 0 Å². The number of nitrogens with zero attached hydrogens (tertiary/aromatic N) is 1. The molecular formula is C50H40BNO2. The largest absolute Gasteiger partial charge is 0.494 e. The first kappa shape index (κ1) is 31.8. The first-order valence-electron chi connectivity index (χ1n) is 19.1. The molecule has 0 radical (unpaired) electrons. The number of benzene rings is 7. The lowest BCUT2D eigenvalue weighted by Gasteiger charge is -2.53. The maximum absolute atomic E-state index is 6.76. The van der Waals surface area contributed by atoms with Crippen LogP contribution in [-0.2, 0) is 20.1 Å². The fourth-order valence-electron chi connectivity index (χ4n) is 10.3. The zero-order chi connectivity index (χ0) is 36.5. The van der Waals surface area contributed by atoms with E-state index in [2.05, 4.69) is 202 Å². The average molecular weight is 698 g/mol. The summed E-state index contributed by atoms with van der Waals surface area (Å²) in [5.41, 5.74) is 15.3. The summed E-state index contributed by atoms with van der Waals surface area (Å²) in [6, 6.07) is 63.4. The molecule has 0 unspecified atom stereocenters. The van der Waals surface area contributed by atoms with Gasteiger partial charge in [-0.15, -0.1) is 0 Å². The maximum atomic E-state index is 6.76. The molecule has 0 saturated carbocycles. The Labute approximate surface area is 318 Å². The van der Waals surface area contributed by atoms with Crippen molar-refractivity contribution >= 4 is 29.6 Å². The lowest BCUT2D eigenvalue weighted by Crippen LogP contribution is -2.47. The molecule has 2 aliphatic heterocycles. The Kier molecular flexibility index (Phi) is 6.45. The summed E-state index contributed by atoms with van der Waals surface area (Å²) >= 11 is 0. The molecule has 0 aromatic heterocycles. The van der Waals surface area contributed by atoms with E-state index in [0.717, 1.165) is 16.8 Å². The standard InChI is InChI=1S/C50H40BNO2/c1-47(2)48(3,4)54-51(53-47)33-30-31-46-44(32-33)50(43-28-16-17-29-45(43)52(46)34-18-6-5-7-19-34)41-26-14-12-24-39(41)49(40-25-13-15-27-42(40)50)37-22-10-8-20-35(37)36-21-9-11-23-38(36)49/h5-32H,1-4H3. The van der Waals surface area contributed by atoms with Gasteiger partial charge < -0.3 is 14.2 Å². The van der Waals surface area contributed by atoms with Gasteiger partial charge in [0.1, 0.15) is 0 Å². The summed E-state index contributed by atoms with van der Waals surface area (Å²) in [5.74, 6) is 0. The lowest BCUT2D eigenvalue weighted by molar-refractivity contribution is 0.00578. The second kappa shape index (κ2) is 10.9. The molecule has 11 rings (SSSR count). The number of hydrogen-bond donors (Lipinski definition) is 0. The van der Waals surface area contributed by atoms with E-state index in [1.807, 2.05) is 0 Å². The minimum Gasteiger partial charge on any atom is -0.399 e. The Morgan fingerprint density at radius 1 is 0.389 bits per heavy atom. The smallest absolute Gasteiger partial charge is 0.399 e. The highest BCUT2D eigenvalue weighted by molar-refractivity contribution is 6.62. The molecule has 0 bridgehead atoms. The van der Waals surface area contributed by atoms with Crippen molar-refractivity contribution in [3.63, 3.8) is 0 Å². The van der Waals surface area contributed by atoms with E-state index in [9.17, 15) is 0 Å². The van der Waals surface area contributed by atoms with E-state index < -0.39 is 29.2 Å². The van der Waals surface area contributed by atoms with Crippen molar-refractivity contribution in [2.75, 3.05) is 4.90 Å². The van der Waals surface area contributed by atoms with E-state index in [1.165, 1.54) is 61.3 Å². The second-order valence-electron chi connectivity index (χ2n) is 16.2. The Morgan fingerprint density at radius 3 is 1.33 bits per heavy atom. The van der Waals surface area contributed by atoms with Crippen LogP contribution in [0.2, 0.25) is 0 Å². The lowest BCUT2D eigenvalue weighted by atomic mass is 9.50. The second-order valence-corrected chi connectivity index (χ2v) is 16.2. The van der Waals surface area contributed by atoms with Crippen molar-refractivity contribution in [3.8, 4) is 11.1 Å². The third-order valence-electron chi connectivity index (χ3n) is 13.2. The predicted molar refractivity (Wildman–Crippen MR) is 220 cm³/mol. The van der Waals surface area contributed by atoms with Crippen molar-refractivity contribution in [1.29, 1.82) is 0 Å². The summed E-state index contributed by atoms with van der Waals surface area (Å²) in [5, 5.41) is 0. The molecule has 0 N–H and O–H groups in total. The zero-order valence-electron chi connectivity index (χ0n) is 31.0. The van der Waals surface area contributed by atoms with Crippen LogP contribution in [0.1, 0.15) is 72.2 Å². The van der Waals surface area contributed by atoms with E-state index in [4.69, 9.17) is 9.31 Å². The van der Waals surface area contributed by atoms with Gasteiger partial charge >= 0.3 is 7.12 Å². The number of anilines is 3. The van der Waals surface area contributed by atoms with Crippen LogP contribution in [0.4, 0.5) is 17.1 Å². The molecule has 7 aromatic carbocycles. The highest BCUT2D eigenvalue weighted by Gasteiger charge is 2.59. The van der Waals surface area contributed by atoms with Gasteiger partial charge in [0.25, 0.3) is 0 Å². The van der Waals surface area contributed by atoms with Crippen molar-refractivity contribution < 1.29 is 9.31 Å². The predicted octanol–water partition coefficient (Wildman–Crippen LogP) is 10.8. The first-order chi connectivity index (χ1) is 26.3. The highest BCUT2D eigenvalue weighted by Crippen LogP contribution is 2.67. The minimum atomic E-state index is -0.665. The molecule has 260 valence electrons. The summed E-state index contributed by atoms with van der Waals surface area (Å²) in [7, 11) is -0.506. The topological polar surface area (TPSA) is 21.7 Å². The Hall–Kier alpha value is -5.68.